The second kappa shape index (κ2) is 16.8. The third-order valence-electron chi connectivity index (χ3n) is 14.0. The summed E-state index contributed by atoms with van der Waals surface area (Å²) in [6.45, 7) is 10.3. The molecule has 0 radical (unpaired) electrons. The van der Waals surface area contributed by atoms with E-state index in [1.165, 1.54) is 19.8 Å². The van der Waals surface area contributed by atoms with E-state index in [4.69, 9.17) is 19.4 Å². The molecular weight excluding hydrogens is 785 g/mol. The first-order chi connectivity index (χ1) is 29.9. The van der Waals surface area contributed by atoms with Gasteiger partial charge in [-0.3, -0.25) is 14.5 Å². The molecule has 4 aliphatic rings. The lowest BCUT2D eigenvalue weighted by Crippen LogP contribution is -2.51. The molecule has 9 rings (SSSR count). The number of nitrogens with zero attached hydrogens (tertiary/aromatic N) is 4. The second-order valence-corrected chi connectivity index (χ2v) is 18.4. The van der Waals surface area contributed by atoms with Crippen molar-refractivity contribution in [2.24, 2.45) is 17.8 Å². The van der Waals surface area contributed by atoms with Crippen LogP contribution in [0, 0.1) is 17.8 Å². The fourth-order valence-corrected chi connectivity index (χ4v) is 10.7. The summed E-state index contributed by atoms with van der Waals surface area (Å²) in [6.07, 6.45) is 4.98. The van der Waals surface area contributed by atoms with Crippen LogP contribution in [0.15, 0.2) is 48.5 Å². The van der Waals surface area contributed by atoms with Crippen LogP contribution < -0.4 is 10.6 Å². The molecule has 2 aromatic heterocycles. The van der Waals surface area contributed by atoms with Crippen molar-refractivity contribution >= 4 is 45.9 Å². The van der Waals surface area contributed by atoms with E-state index in [9.17, 15) is 19.2 Å². The highest BCUT2D eigenvalue weighted by Crippen LogP contribution is 2.52. The van der Waals surface area contributed by atoms with Crippen LogP contribution in [-0.2, 0) is 25.5 Å². The average molecular weight is 843 g/mol. The Balaban J connectivity index is 1.01. The van der Waals surface area contributed by atoms with E-state index < -0.39 is 18.2 Å². The molecule has 0 bridgehead atoms. The Morgan fingerprint density at radius 1 is 0.774 bits per heavy atom. The number of carbonyl (C=O) groups is 4. The number of imidazole rings is 2. The van der Waals surface area contributed by atoms with Gasteiger partial charge in [-0.15, -0.1) is 0 Å². The Hall–Kier alpha value is -5.76. The predicted octanol–water partition coefficient (Wildman–Crippen LogP) is 7.95. The van der Waals surface area contributed by atoms with Gasteiger partial charge in [0, 0.05) is 31.5 Å². The number of H-pyrrole nitrogens is 2. The van der Waals surface area contributed by atoms with E-state index >= 15 is 0 Å². The van der Waals surface area contributed by atoms with Crippen molar-refractivity contribution in [1.29, 1.82) is 0 Å². The standard InChI is InChI=1S/C48H58N8O6/c1-25(2)37(53-47(59)61-5)24-55-19-7-9-38(55)44-49-33-16-11-27(22-35(33)51-44)30-14-15-31(42-32(30)21-29-13-18-40(57)41(29)42)28-12-17-34-36(23-28)52-45(50-34)39-10-8-20-56(39)46(58)43(26(3)4)54-48(60)62-6/h11-12,14-17,22-23,25-26,29,37-39,41,43H,7-10,13,18-21,24H2,1-6H3,(H,49,51)(H,50,52)(H,53,59)(H,54,60). The minimum absolute atomic E-state index is 0.0450. The third-order valence-corrected chi connectivity index (χ3v) is 14.0. The predicted molar refractivity (Wildman–Crippen MR) is 236 cm³/mol. The van der Waals surface area contributed by atoms with Gasteiger partial charge in [0.1, 0.15) is 23.5 Å². The maximum absolute atomic E-state index is 13.8. The van der Waals surface area contributed by atoms with Crippen molar-refractivity contribution in [3.8, 4) is 22.3 Å². The molecule has 4 heterocycles. The molecule has 0 spiro atoms. The number of carbonyl (C=O) groups excluding carboxylic acids is 4. The number of likely N-dealkylation sites (tertiary alicyclic amines) is 2. The van der Waals surface area contributed by atoms with Crippen molar-refractivity contribution < 1.29 is 28.7 Å². The normalized spacial score (nSPS) is 22.1. The zero-order chi connectivity index (χ0) is 43.4. The molecule has 3 amide bonds. The lowest BCUT2D eigenvalue weighted by atomic mass is 9.86. The van der Waals surface area contributed by atoms with Crippen LogP contribution in [0.4, 0.5) is 9.59 Å². The molecule has 2 saturated heterocycles. The van der Waals surface area contributed by atoms with E-state index in [2.05, 4.69) is 81.8 Å². The minimum Gasteiger partial charge on any atom is -0.453 e. The van der Waals surface area contributed by atoms with Crippen molar-refractivity contribution in [1.82, 2.24) is 40.4 Å². The summed E-state index contributed by atoms with van der Waals surface area (Å²) in [5.41, 5.74) is 10.3. The number of hydrogen-bond donors (Lipinski definition) is 4. The molecule has 3 aromatic carbocycles. The highest BCUT2D eigenvalue weighted by Gasteiger charge is 2.44. The third kappa shape index (κ3) is 7.60. The topological polar surface area (TPSA) is 175 Å². The summed E-state index contributed by atoms with van der Waals surface area (Å²) in [5, 5.41) is 5.75. The van der Waals surface area contributed by atoms with Gasteiger partial charge in [0.05, 0.1) is 48.4 Å². The Labute approximate surface area is 361 Å². The molecule has 2 aliphatic heterocycles. The number of ether oxygens (including phenoxy) is 2. The first-order valence-corrected chi connectivity index (χ1v) is 22.3. The van der Waals surface area contributed by atoms with Gasteiger partial charge in [-0.25, -0.2) is 19.6 Å². The molecule has 326 valence electrons. The van der Waals surface area contributed by atoms with Gasteiger partial charge in [-0.05, 0) is 120 Å². The Morgan fingerprint density at radius 2 is 1.39 bits per heavy atom. The lowest BCUT2D eigenvalue weighted by Gasteiger charge is -2.30. The number of amides is 3. The van der Waals surface area contributed by atoms with Crippen molar-refractivity contribution in [2.45, 2.75) is 103 Å². The van der Waals surface area contributed by atoms with Crippen molar-refractivity contribution in [2.75, 3.05) is 33.9 Å². The Morgan fingerprint density at radius 3 is 2.05 bits per heavy atom. The van der Waals surface area contributed by atoms with E-state index in [0.717, 1.165) is 107 Å². The summed E-state index contributed by atoms with van der Waals surface area (Å²) in [5.74, 6) is 2.12. The fraction of sp³-hybridized carbons (Fsp3) is 0.500. The monoisotopic (exact) mass is 842 g/mol. The van der Waals surface area contributed by atoms with Gasteiger partial charge in [0.25, 0.3) is 0 Å². The van der Waals surface area contributed by atoms with Crippen LogP contribution in [0.25, 0.3) is 44.3 Å². The number of aromatic nitrogens is 4. The number of methoxy groups -OCH3 is 2. The number of ketones is 1. The molecule has 1 saturated carbocycles. The van der Waals surface area contributed by atoms with E-state index in [0.29, 0.717) is 25.3 Å². The van der Waals surface area contributed by atoms with Crippen LogP contribution in [-0.4, -0.2) is 99.6 Å². The summed E-state index contributed by atoms with van der Waals surface area (Å²) in [4.78, 5) is 73.2. The van der Waals surface area contributed by atoms with E-state index in [-0.39, 0.29) is 47.7 Å². The number of Topliss-reactive ketones (excluding diaryl/α,β-unsaturated/α-hetero) is 1. The van der Waals surface area contributed by atoms with Gasteiger partial charge in [-0.2, -0.15) is 0 Å². The van der Waals surface area contributed by atoms with Gasteiger partial charge >= 0.3 is 12.2 Å². The smallest absolute Gasteiger partial charge is 0.407 e. The van der Waals surface area contributed by atoms with Gasteiger partial charge in [0.15, 0.2) is 0 Å². The molecule has 6 unspecified atom stereocenters. The Kier molecular flexibility index (Phi) is 11.3. The number of benzene rings is 3. The lowest BCUT2D eigenvalue weighted by molar-refractivity contribution is -0.135. The van der Waals surface area contributed by atoms with Gasteiger partial charge in [0.2, 0.25) is 5.91 Å². The zero-order valence-corrected chi connectivity index (χ0v) is 36.5. The van der Waals surface area contributed by atoms with E-state index in [1.54, 1.807) is 0 Å². The first kappa shape index (κ1) is 41.6. The van der Waals surface area contributed by atoms with Crippen LogP contribution in [0.1, 0.15) is 107 Å². The summed E-state index contributed by atoms with van der Waals surface area (Å²) < 4.78 is 9.72. The number of nitrogens with one attached hydrogen (secondary N) is 4. The maximum atomic E-state index is 13.8. The quantitative estimate of drug-likeness (QED) is 0.103. The number of fused-ring (bicyclic) bond motifs is 5. The highest BCUT2D eigenvalue weighted by atomic mass is 16.5. The summed E-state index contributed by atoms with van der Waals surface area (Å²) >= 11 is 0. The second-order valence-electron chi connectivity index (χ2n) is 18.4. The summed E-state index contributed by atoms with van der Waals surface area (Å²) in [7, 11) is 2.70. The van der Waals surface area contributed by atoms with Crippen molar-refractivity contribution in [3.63, 3.8) is 0 Å². The van der Waals surface area contributed by atoms with E-state index in [1.807, 2.05) is 24.8 Å². The molecule has 5 aromatic rings. The van der Waals surface area contributed by atoms with Gasteiger partial charge < -0.3 is 35.0 Å². The molecule has 62 heavy (non-hydrogen) atoms. The fourth-order valence-electron chi connectivity index (χ4n) is 10.7. The number of rotatable bonds is 11. The number of hydrogen-bond acceptors (Lipinski definition) is 9. The number of alkyl carbamates (subject to hydrolysis) is 2. The molecule has 14 nitrogen and oxygen atoms in total. The molecule has 14 heteroatoms. The highest BCUT2D eigenvalue weighted by molar-refractivity contribution is 5.96. The van der Waals surface area contributed by atoms with Crippen molar-refractivity contribution in [3.05, 3.63) is 71.3 Å². The molecule has 4 N–H and O–H groups in total. The first-order valence-electron chi connectivity index (χ1n) is 22.3. The maximum Gasteiger partial charge on any atom is 0.407 e. The average Bonchev–Trinajstić information content (AvgIpc) is 4.12. The van der Waals surface area contributed by atoms with Crippen LogP contribution in [0.5, 0.6) is 0 Å². The molecule has 6 atom stereocenters. The number of aromatic amines is 2. The molecule has 2 aliphatic carbocycles. The van der Waals surface area contributed by atoms with Crippen LogP contribution in [0.3, 0.4) is 0 Å². The molecular formula is C48H58N8O6. The van der Waals surface area contributed by atoms with Crippen LogP contribution >= 0.6 is 0 Å². The molecule has 3 fully saturated rings. The zero-order valence-electron chi connectivity index (χ0n) is 36.5. The minimum atomic E-state index is -0.708. The summed E-state index contributed by atoms with van der Waals surface area (Å²) in [6, 6.07) is 16.2. The van der Waals surface area contributed by atoms with Crippen LogP contribution in [0.2, 0.25) is 0 Å². The SMILES string of the molecule is COC(=O)NC(CN1CCCC1c1nc2ccc(-c3ccc(-c4ccc5nc(C6CCCN6C(=O)C(NC(=O)OC)C(C)C)[nH]c5c4)c4c3CC3CCC(=O)C43)cc2[nH]1)C(C)C. The largest absolute Gasteiger partial charge is 0.453 e. The Bertz CT molecular complexity index is 2540. The van der Waals surface area contributed by atoms with Gasteiger partial charge in [-0.1, -0.05) is 52.0 Å².